The van der Waals surface area contributed by atoms with Gasteiger partial charge in [0, 0.05) is 0 Å². The molecule has 4 heteroatoms. The summed E-state index contributed by atoms with van der Waals surface area (Å²) in [4.78, 5) is 13.6. The van der Waals surface area contributed by atoms with E-state index in [0.29, 0.717) is 12.5 Å². The molecule has 1 heterocycles. The van der Waals surface area contributed by atoms with Crippen LogP contribution in [0, 0.1) is 0 Å². The minimum absolute atomic E-state index is 0.0264. The first kappa shape index (κ1) is 14.9. The summed E-state index contributed by atoms with van der Waals surface area (Å²) in [5, 5.41) is 0. The Morgan fingerprint density at radius 3 is 2.50 bits per heavy atom. The topological polar surface area (TPSA) is 38.8 Å². The highest BCUT2D eigenvalue weighted by Crippen LogP contribution is 2.28. The van der Waals surface area contributed by atoms with Crippen molar-refractivity contribution in [3.05, 3.63) is 29.8 Å². The van der Waals surface area contributed by atoms with Crippen molar-refractivity contribution in [2.75, 3.05) is 33.4 Å². The lowest BCUT2D eigenvalue weighted by Crippen LogP contribution is -2.29. The molecule has 4 nitrogen and oxygen atoms in total. The first-order chi connectivity index (χ1) is 9.69. The Hall–Kier alpha value is -1.55. The van der Waals surface area contributed by atoms with E-state index in [1.165, 1.54) is 18.4 Å². The third-order valence-corrected chi connectivity index (χ3v) is 3.73. The molecule has 0 atom stereocenters. The van der Waals surface area contributed by atoms with Crippen molar-refractivity contribution in [1.82, 2.24) is 4.90 Å². The predicted molar refractivity (Wildman–Crippen MR) is 78.0 cm³/mol. The molecule has 0 N–H and O–H groups in total. The van der Waals surface area contributed by atoms with Gasteiger partial charge in [-0.25, -0.2) is 4.79 Å². The third kappa shape index (κ3) is 4.23. The van der Waals surface area contributed by atoms with Crippen molar-refractivity contribution in [3.63, 3.8) is 0 Å². The van der Waals surface area contributed by atoms with E-state index in [9.17, 15) is 4.79 Å². The smallest absolute Gasteiger partial charge is 0.344 e. The minimum atomic E-state index is -0.327. The average Bonchev–Trinajstić information content (AvgIpc) is 2.47. The number of ether oxygens (including phenoxy) is 2. The number of likely N-dealkylation sites (tertiary alicyclic amines) is 1. The zero-order valence-electron chi connectivity index (χ0n) is 12.3. The second-order valence-electron chi connectivity index (χ2n) is 5.24. The van der Waals surface area contributed by atoms with Gasteiger partial charge in [-0.2, -0.15) is 0 Å². The number of carbonyl (C=O) groups is 1. The van der Waals surface area contributed by atoms with E-state index in [2.05, 4.69) is 24.1 Å². The third-order valence-electron chi connectivity index (χ3n) is 3.73. The van der Waals surface area contributed by atoms with Crippen LogP contribution in [0.25, 0.3) is 0 Å². The molecule has 0 aromatic heterocycles. The van der Waals surface area contributed by atoms with Crippen molar-refractivity contribution in [1.29, 1.82) is 0 Å². The number of piperidine rings is 1. The molecule has 0 amide bonds. The molecule has 1 aliphatic heterocycles. The average molecular weight is 277 g/mol. The fraction of sp³-hybridized carbons (Fsp3) is 0.562. The van der Waals surface area contributed by atoms with E-state index < -0.39 is 0 Å². The summed E-state index contributed by atoms with van der Waals surface area (Å²) in [6.07, 6.45) is 2.42. The van der Waals surface area contributed by atoms with Gasteiger partial charge in [0.05, 0.1) is 6.61 Å². The van der Waals surface area contributed by atoms with E-state index in [0.717, 1.165) is 18.8 Å². The zero-order chi connectivity index (χ0) is 14.4. The Bertz CT molecular complexity index is 422. The number of hydrogen-bond donors (Lipinski definition) is 0. The monoisotopic (exact) mass is 277 g/mol. The second kappa shape index (κ2) is 7.29. The number of nitrogens with zero attached hydrogens (tertiary/aromatic N) is 1. The molecule has 1 aliphatic rings. The van der Waals surface area contributed by atoms with Gasteiger partial charge in [0.2, 0.25) is 0 Å². The van der Waals surface area contributed by atoms with E-state index in [4.69, 9.17) is 9.47 Å². The summed E-state index contributed by atoms with van der Waals surface area (Å²) in [6.45, 7) is 4.46. The van der Waals surface area contributed by atoms with Gasteiger partial charge < -0.3 is 14.4 Å². The molecule has 0 aliphatic carbocycles. The fourth-order valence-corrected chi connectivity index (χ4v) is 2.52. The lowest BCUT2D eigenvalue weighted by Gasteiger charge is -2.29. The molecule has 2 rings (SSSR count). The molecule has 0 unspecified atom stereocenters. The largest absolute Gasteiger partial charge is 0.482 e. The molecule has 1 saturated heterocycles. The molecule has 110 valence electrons. The SMILES string of the molecule is CCOC(=O)COc1ccc(C2CCN(C)CC2)cc1. The summed E-state index contributed by atoms with van der Waals surface area (Å²) in [6, 6.07) is 8.09. The van der Waals surface area contributed by atoms with Crippen LogP contribution in [0.3, 0.4) is 0 Å². The normalized spacial score (nSPS) is 16.9. The second-order valence-corrected chi connectivity index (χ2v) is 5.24. The summed E-state index contributed by atoms with van der Waals surface area (Å²) in [7, 11) is 2.17. The van der Waals surface area contributed by atoms with Gasteiger partial charge >= 0.3 is 5.97 Å². The highest BCUT2D eigenvalue weighted by molar-refractivity contribution is 5.71. The van der Waals surface area contributed by atoms with Gasteiger partial charge in [-0.05, 0) is 63.5 Å². The number of esters is 1. The molecule has 0 radical (unpaired) electrons. The molecule has 0 spiro atoms. The molecule has 20 heavy (non-hydrogen) atoms. The first-order valence-corrected chi connectivity index (χ1v) is 7.26. The van der Waals surface area contributed by atoms with E-state index in [1.807, 2.05) is 12.1 Å². The van der Waals surface area contributed by atoms with Crippen molar-refractivity contribution in [3.8, 4) is 5.75 Å². The summed E-state index contributed by atoms with van der Waals surface area (Å²) < 4.78 is 10.2. The summed E-state index contributed by atoms with van der Waals surface area (Å²) in [5.41, 5.74) is 1.36. The van der Waals surface area contributed by atoms with Gasteiger partial charge in [0.25, 0.3) is 0 Å². The fourth-order valence-electron chi connectivity index (χ4n) is 2.52. The van der Waals surface area contributed by atoms with Crippen LogP contribution in [0.1, 0.15) is 31.2 Å². The first-order valence-electron chi connectivity index (χ1n) is 7.26. The van der Waals surface area contributed by atoms with Gasteiger partial charge in [-0.1, -0.05) is 12.1 Å². The molecule has 1 aromatic carbocycles. The highest BCUT2D eigenvalue weighted by atomic mass is 16.6. The Morgan fingerprint density at radius 2 is 1.90 bits per heavy atom. The summed E-state index contributed by atoms with van der Waals surface area (Å²) in [5.74, 6) is 1.03. The number of benzene rings is 1. The van der Waals surface area contributed by atoms with Crippen LogP contribution < -0.4 is 4.74 Å². The van der Waals surface area contributed by atoms with Crippen LogP contribution >= 0.6 is 0 Å². The van der Waals surface area contributed by atoms with Crippen LogP contribution in [0.4, 0.5) is 0 Å². The Balaban J connectivity index is 1.85. The van der Waals surface area contributed by atoms with Crippen LogP contribution in [0.2, 0.25) is 0 Å². The van der Waals surface area contributed by atoms with Crippen molar-refractivity contribution in [2.24, 2.45) is 0 Å². The minimum Gasteiger partial charge on any atom is -0.482 e. The van der Waals surface area contributed by atoms with Crippen LogP contribution in [0.5, 0.6) is 5.75 Å². The van der Waals surface area contributed by atoms with Crippen molar-refractivity contribution >= 4 is 5.97 Å². The lowest BCUT2D eigenvalue weighted by atomic mass is 9.90. The van der Waals surface area contributed by atoms with E-state index in [1.54, 1.807) is 6.92 Å². The Morgan fingerprint density at radius 1 is 1.25 bits per heavy atom. The Labute approximate surface area is 120 Å². The molecule has 1 aromatic rings. The maximum Gasteiger partial charge on any atom is 0.344 e. The van der Waals surface area contributed by atoms with Crippen LogP contribution in [-0.4, -0.2) is 44.2 Å². The van der Waals surface area contributed by atoms with Crippen molar-refractivity contribution in [2.45, 2.75) is 25.7 Å². The molecule has 1 fully saturated rings. The summed E-state index contributed by atoms with van der Waals surface area (Å²) >= 11 is 0. The van der Waals surface area contributed by atoms with E-state index >= 15 is 0 Å². The van der Waals surface area contributed by atoms with Crippen molar-refractivity contribution < 1.29 is 14.3 Å². The molecular weight excluding hydrogens is 254 g/mol. The predicted octanol–water partition coefficient (Wildman–Crippen LogP) is 2.44. The lowest BCUT2D eigenvalue weighted by molar-refractivity contribution is -0.145. The number of hydrogen-bond acceptors (Lipinski definition) is 4. The van der Waals surface area contributed by atoms with Crippen LogP contribution in [-0.2, 0) is 9.53 Å². The van der Waals surface area contributed by atoms with Gasteiger partial charge in [-0.15, -0.1) is 0 Å². The standard InChI is InChI=1S/C16H23NO3/c1-3-19-16(18)12-20-15-6-4-13(5-7-15)14-8-10-17(2)11-9-14/h4-7,14H,3,8-12H2,1-2H3. The highest BCUT2D eigenvalue weighted by Gasteiger charge is 2.18. The number of rotatable bonds is 5. The molecular formula is C16H23NO3. The quantitative estimate of drug-likeness (QED) is 0.775. The molecule has 0 bridgehead atoms. The number of carbonyl (C=O) groups excluding carboxylic acids is 1. The zero-order valence-corrected chi connectivity index (χ0v) is 12.3. The maximum atomic E-state index is 11.2. The maximum absolute atomic E-state index is 11.2. The molecule has 0 saturated carbocycles. The van der Waals surface area contributed by atoms with E-state index in [-0.39, 0.29) is 12.6 Å². The van der Waals surface area contributed by atoms with Gasteiger partial charge in [0.1, 0.15) is 5.75 Å². The van der Waals surface area contributed by atoms with Gasteiger partial charge in [0.15, 0.2) is 6.61 Å². The van der Waals surface area contributed by atoms with Crippen LogP contribution in [0.15, 0.2) is 24.3 Å². The van der Waals surface area contributed by atoms with Gasteiger partial charge in [-0.3, -0.25) is 0 Å². The Kier molecular flexibility index (Phi) is 5.41.